The second-order valence-corrected chi connectivity index (χ2v) is 8.10. The second-order valence-electron chi connectivity index (χ2n) is 8.10. The molecule has 0 spiro atoms. The van der Waals surface area contributed by atoms with Gasteiger partial charge in [-0.05, 0) is 65.7 Å². The quantitative estimate of drug-likeness (QED) is 0.170. The molecule has 0 saturated heterocycles. The number of esters is 2. The van der Waals surface area contributed by atoms with Gasteiger partial charge in [0.25, 0.3) is 0 Å². The lowest BCUT2D eigenvalue weighted by atomic mass is 10.1. The smallest absolute Gasteiger partial charge is 0.343 e. The van der Waals surface area contributed by atoms with Crippen LogP contribution in [0.3, 0.4) is 0 Å². The first kappa shape index (κ1) is 24.3. The maximum absolute atomic E-state index is 12.5. The van der Waals surface area contributed by atoms with E-state index in [1.54, 1.807) is 36.4 Å². The number of hydrogen-bond acceptors (Lipinski definition) is 5. The van der Waals surface area contributed by atoms with E-state index < -0.39 is 11.9 Å². The van der Waals surface area contributed by atoms with E-state index in [2.05, 4.69) is 11.7 Å². The van der Waals surface area contributed by atoms with Crippen LogP contribution in [0.1, 0.15) is 72.6 Å². The first-order valence-electron chi connectivity index (χ1n) is 11.7. The molecule has 0 heterocycles. The first-order valence-corrected chi connectivity index (χ1v) is 11.7. The van der Waals surface area contributed by atoms with E-state index >= 15 is 0 Å². The highest BCUT2D eigenvalue weighted by atomic mass is 16.5. The average molecular weight is 449 g/mol. The van der Waals surface area contributed by atoms with Crippen LogP contribution in [-0.2, 0) is 4.74 Å². The molecule has 0 atom stereocenters. The number of hydrogen-bond donors (Lipinski definition) is 0. The van der Waals surface area contributed by atoms with Crippen molar-refractivity contribution >= 4 is 22.7 Å². The zero-order chi connectivity index (χ0) is 23.5. The fraction of sp³-hybridized carbons (Fsp3) is 0.357. The van der Waals surface area contributed by atoms with Crippen LogP contribution in [0.15, 0.2) is 60.7 Å². The summed E-state index contributed by atoms with van der Waals surface area (Å²) >= 11 is 0. The molecule has 3 aromatic carbocycles. The molecular weight excluding hydrogens is 416 g/mol. The minimum Gasteiger partial charge on any atom is -0.494 e. The Labute approximate surface area is 195 Å². The normalized spacial score (nSPS) is 10.7. The van der Waals surface area contributed by atoms with Crippen molar-refractivity contribution in [1.82, 2.24) is 0 Å². The lowest BCUT2D eigenvalue weighted by Crippen LogP contribution is -2.08. The summed E-state index contributed by atoms with van der Waals surface area (Å²) in [6, 6.07) is 17.6. The number of benzene rings is 3. The van der Waals surface area contributed by atoms with Crippen LogP contribution in [0, 0.1) is 0 Å². The van der Waals surface area contributed by atoms with E-state index in [-0.39, 0.29) is 0 Å². The maximum Gasteiger partial charge on any atom is 0.343 e. The van der Waals surface area contributed by atoms with Crippen LogP contribution in [-0.4, -0.2) is 25.7 Å². The molecule has 0 saturated carbocycles. The fourth-order valence-electron chi connectivity index (χ4n) is 3.63. The zero-order valence-corrected chi connectivity index (χ0v) is 19.5. The maximum atomic E-state index is 12.5. The van der Waals surface area contributed by atoms with Gasteiger partial charge in [-0.2, -0.15) is 0 Å². The molecule has 0 aliphatic carbocycles. The summed E-state index contributed by atoms with van der Waals surface area (Å²) < 4.78 is 16.0. The Hall–Kier alpha value is -3.34. The molecule has 0 radical (unpaired) electrons. The molecule has 0 aliphatic heterocycles. The molecule has 174 valence electrons. The molecule has 5 heteroatoms. The van der Waals surface area contributed by atoms with Gasteiger partial charge in [0.1, 0.15) is 11.5 Å². The SMILES string of the molecule is CCCCCCCCCOc1ccc2cc(C(=O)Oc3ccc(C(=O)OC)cc3)ccc2c1. The van der Waals surface area contributed by atoms with Crippen molar-refractivity contribution in [2.75, 3.05) is 13.7 Å². The lowest BCUT2D eigenvalue weighted by Gasteiger charge is -2.09. The van der Waals surface area contributed by atoms with Gasteiger partial charge in [-0.25, -0.2) is 9.59 Å². The second kappa shape index (κ2) is 12.6. The molecule has 3 aromatic rings. The van der Waals surface area contributed by atoms with Gasteiger partial charge in [0.05, 0.1) is 24.8 Å². The average Bonchev–Trinajstić information content (AvgIpc) is 2.85. The van der Waals surface area contributed by atoms with Crippen molar-refractivity contribution in [3.05, 3.63) is 71.8 Å². The number of rotatable bonds is 12. The standard InChI is InChI=1S/C28H32O5/c1-3-4-5-6-7-8-9-18-32-26-17-14-22-19-24(11-10-23(22)20-26)28(30)33-25-15-12-21(13-16-25)27(29)31-2/h10-17,19-20H,3-9,18H2,1-2H3. The van der Waals surface area contributed by atoms with E-state index in [1.807, 2.05) is 24.3 Å². The third-order valence-electron chi connectivity index (χ3n) is 5.55. The highest BCUT2D eigenvalue weighted by Crippen LogP contribution is 2.23. The molecule has 0 bridgehead atoms. The van der Waals surface area contributed by atoms with E-state index in [9.17, 15) is 9.59 Å². The van der Waals surface area contributed by atoms with Gasteiger partial charge in [0, 0.05) is 0 Å². The van der Waals surface area contributed by atoms with Crippen molar-refractivity contribution in [3.63, 3.8) is 0 Å². The highest BCUT2D eigenvalue weighted by molar-refractivity contribution is 5.97. The number of fused-ring (bicyclic) bond motifs is 1. The van der Waals surface area contributed by atoms with Gasteiger partial charge in [0.2, 0.25) is 0 Å². The van der Waals surface area contributed by atoms with Crippen LogP contribution >= 0.6 is 0 Å². The summed E-state index contributed by atoms with van der Waals surface area (Å²) in [6.45, 7) is 2.96. The summed E-state index contributed by atoms with van der Waals surface area (Å²) in [4.78, 5) is 24.1. The third-order valence-corrected chi connectivity index (χ3v) is 5.55. The number of unbranched alkanes of at least 4 members (excludes halogenated alkanes) is 6. The van der Waals surface area contributed by atoms with Crippen molar-refractivity contribution in [2.45, 2.75) is 51.9 Å². The van der Waals surface area contributed by atoms with Gasteiger partial charge < -0.3 is 14.2 Å². The summed E-state index contributed by atoms with van der Waals surface area (Å²) in [5, 5.41) is 1.94. The van der Waals surface area contributed by atoms with E-state index in [0.29, 0.717) is 16.9 Å². The Morgan fingerprint density at radius 2 is 1.27 bits per heavy atom. The van der Waals surface area contributed by atoms with Gasteiger partial charge in [-0.15, -0.1) is 0 Å². The third kappa shape index (κ3) is 7.35. The van der Waals surface area contributed by atoms with E-state index in [4.69, 9.17) is 9.47 Å². The van der Waals surface area contributed by atoms with Crippen LogP contribution in [0.5, 0.6) is 11.5 Å². The number of methoxy groups -OCH3 is 1. The summed E-state index contributed by atoms with van der Waals surface area (Å²) in [5.41, 5.74) is 0.851. The largest absolute Gasteiger partial charge is 0.494 e. The van der Waals surface area contributed by atoms with E-state index in [1.165, 1.54) is 45.6 Å². The molecule has 33 heavy (non-hydrogen) atoms. The fourth-order valence-corrected chi connectivity index (χ4v) is 3.63. The van der Waals surface area contributed by atoms with Crippen molar-refractivity contribution in [2.24, 2.45) is 0 Å². The highest BCUT2D eigenvalue weighted by Gasteiger charge is 2.11. The van der Waals surface area contributed by atoms with E-state index in [0.717, 1.165) is 29.5 Å². The van der Waals surface area contributed by atoms with Crippen molar-refractivity contribution in [3.8, 4) is 11.5 Å². The molecule has 0 amide bonds. The molecule has 0 aromatic heterocycles. The number of carbonyl (C=O) groups excluding carboxylic acids is 2. The summed E-state index contributed by atoms with van der Waals surface area (Å²) in [6.07, 6.45) is 8.79. The Bertz CT molecular complexity index is 1060. The molecule has 0 aliphatic rings. The van der Waals surface area contributed by atoms with Gasteiger partial charge in [-0.3, -0.25) is 0 Å². The summed E-state index contributed by atoms with van der Waals surface area (Å²) in [7, 11) is 1.32. The van der Waals surface area contributed by atoms with Crippen molar-refractivity contribution < 1.29 is 23.8 Å². The Morgan fingerprint density at radius 3 is 2.00 bits per heavy atom. The number of ether oxygens (including phenoxy) is 3. The summed E-state index contributed by atoms with van der Waals surface area (Å²) in [5.74, 6) is 0.312. The Morgan fingerprint density at radius 1 is 0.667 bits per heavy atom. The zero-order valence-electron chi connectivity index (χ0n) is 19.5. The number of carbonyl (C=O) groups is 2. The van der Waals surface area contributed by atoms with Gasteiger partial charge >= 0.3 is 11.9 Å². The van der Waals surface area contributed by atoms with Crippen LogP contribution in [0.2, 0.25) is 0 Å². The van der Waals surface area contributed by atoms with Crippen LogP contribution in [0.4, 0.5) is 0 Å². The van der Waals surface area contributed by atoms with Crippen LogP contribution < -0.4 is 9.47 Å². The molecule has 3 rings (SSSR count). The Balaban J connectivity index is 1.52. The monoisotopic (exact) mass is 448 g/mol. The van der Waals surface area contributed by atoms with Gasteiger partial charge in [-0.1, -0.05) is 57.6 Å². The topological polar surface area (TPSA) is 61.8 Å². The first-order chi connectivity index (χ1) is 16.1. The predicted molar refractivity (Wildman–Crippen MR) is 130 cm³/mol. The Kier molecular flexibility index (Phi) is 9.31. The van der Waals surface area contributed by atoms with Crippen LogP contribution in [0.25, 0.3) is 10.8 Å². The molecule has 5 nitrogen and oxygen atoms in total. The lowest BCUT2D eigenvalue weighted by molar-refractivity contribution is 0.0600. The molecule has 0 N–H and O–H groups in total. The predicted octanol–water partition coefficient (Wildman–Crippen LogP) is 6.98. The minimum absolute atomic E-state index is 0.363. The molecular formula is C28H32O5. The van der Waals surface area contributed by atoms with Gasteiger partial charge in [0.15, 0.2) is 0 Å². The van der Waals surface area contributed by atoms with Crippen molar-refractivity contribution in [1.29, 1.82) is 0 Å². The minimum atomic E-state index is -0.456. The molecule has 0 unspecified atom stereocenters. The molecule has 0 fully saturated rings.